The first kappa shape index (κ1) is 16.0. The standard InChI is InChI=1S/C13H12N2O6/c14-8-13(11(18)19,6-10(16)17)15-12(20)21-7-9-4-2-1-3-5-9/h1-5H,6-7H2,(H,15,20)(H,16,17)(H,18,19). The molecule has 8 heteroatoms. The lowest BCUT2D eigenvalue weighted by atomic mass is 9.98. The van der Waals surface area contributed by atoms with E-state index in [0.717, 1.165) is 0 Å². The molecule has 0 saturated heterocycles. The van der Waals surface area contributed by atoms with Crippen molar-refractivity contribution in [3.63, 3.8) is 0 Å². The van der Waals surface area contributed by atoms with Gasteiger partial charge in [-0.05, 0) is 5.56 Å². The number of amides is 1. The molecular weight excluding hydrogens is 280 g/mol. The van der Waals surface area contributed by atoms with Crippen LogP contribution in [-0.4, -0.2) is 33.8 Å². The van der Waals surface area contributed by atoms with Crippen molar-refractivity contribution in [3.8, 4) is 6.07 Å². The summed E-state index contributed by atoms with van der Waals surface area (Å²) in [5, 5.41) is 28.2. The molecule has 0 aliphatic rings. The fourth-order valence-corrected chi connectivity index (χ4v) is 1.45. The van der Waals surface area contributed by atoms with Crippen LogP contribution in [0.15, 0.2) is 30.3 Å². The normalized spacial score (nSPS) is 12.5. The number of benzene rings is 1. The van der Waals surface area contributed by atoms with Gasteiger partial charge in [0.05, 0.1) is 6.42 Å². The number of alkyl carbamates (subject to hydrolysis) is 1. The van der Waals surface area contributed by atoms with Crippen LogP contribution in [0.5, 0.6) is 0 Å². The smallest absolute Gasteiger partial charge is 0.409 e. The number of hydrogen-bond acceptors (Lipinski definition) is 5. The summed E-state index contributed by atoms with van der Waals surface area (Å²) in [6, 6.07) is 9.85. The molecule has 0 aromatic heterocycles. The third-order valence-corrected chi connectivity index (χ3v) is 2.50. The number of nitrogens with one attached hydrogen (secondary N) is 1. The monoisotopic (exact) mass is 292 g/mol. The van der Waals surface area contributed by atoms with Crippen LogP contribution in [0.1, 0.15) is 12.0 Å². The number of rotatable bonds is 6. The van der Waals surface area contributed by atoms with Crippen molar-refractivity contribution in [1.82, 2.24) is 5.32 Å². The van der Waals surface area contributed by atoms with E-state index in [2.05, 4.69) is 0 Å². The van der Waals surface area contributed by atoms with Crippen molar-refractivity contribution in [2.45, 2.75) is 18.6 Å². The SMILES string of the molecule is N#CC(CC(=O)O)(NC(=O)OCc1ccccc1)C(=O)O. The van der Waals surface area contributed by atoms with Crippen LogP contribution in [0, 0.1) is 11.3 Å². The maximum atomic E-state index is 11.5. The molecular formula is C13H12N2O6. The Bertz CT molecular complexity index is 580. The van der Waals surface area contributed by atoms with Crippen molar-refractivity contribution in [2.24, 2.45) is 0 Å². The van der Waals surface area contributed by atoms with Gasteiger partial charge in [0.25, 0.3) is 0 Å². The lowest BCUT2D eigenvalue weighted by Crippen LogP contribution is -2.54. The van der Waals surface area contributed by atoms with E-state index >= 15 is 0 Å². The quantitative estimate of drug-likeness (QED) is 0.702. The maximum Gasteiger partial charge on any atom is 0.409 e. The molecule has 0 saturated carbocycles. The number of carboxylic acid groups (broad SMARTS) is 2. The fraction of sp³-hybridized carbons (Fsp3) is 0.231. The van der Waals surface area contributed by atoms with Crippen LogP contribution in [0.2, 0.25) is 0 Å². The molecule has 1 unspecified atom stereocenters. The molecule has 0 spiro atoms. The average molecular weight is 292 g/mol. The highest BCUT2D eigenvalue weighted by Crippen LogP contribution is 2.11. The second kappa shape index (κ2) is 6.91. The van der Waals surface area contributed by atoms with Gasteiger partial charge in [0.1, 0.15) is 12.7 Å². The van der Waals surface area contributed by atoms with Crippen LogP contribution < -0.4 is 5.32 Å². The molecule has 0 aliphatic heterocycles. The molecule has 1 atom stereocenters. The first-order valence-corrected chi connectivity index (χ1v) is 5.75. The number of carbonyl (C=O) groups excluding carboxylic acids is 1. The molecule has 0 heterocycles. The predicted molar refractivity (Wildman–Crippen MR) is 68.0 cm³/mol. The first-order chi connectivity index (χ1) is 9.89. The van der Waals surface area contributed by atoms with Crippen molar-refractivity contribution >= 4 is 18.0 Å². The minimum atomic E-state index is -2.57. The second-order valence-electron chi connectivity index (χ2n) is 4.08. The van der Waals surface area contributed by atoms with Crippen LogP contribution in [0.3, 0.4) is 0 Å². The van der Waals surface area contributed by atoms with Gasteiger partial charge in [-0.2, -0.15) is 5.26 Å². The molecule has 0 aliphatic carbocycles. The predicted octanol–water partition coefficient (Wildman–Crippen LogP) is 0.734. The molecule has 110 valence electrons. The Morgan fingerprint density at radius 3 is 2.33 bits per heavy atom. The molecule has 0 radical (unpaired) electrons. The molecule has 1 rings (SSSR count). The van der Waals surface area contributed by atoms with E-state index in [1.807, 2.05) is 0 Å². The highest BCUT2D eigenvalue weighted by Gasteiger charge is 2.43. The molecule has 0 fully saturated rings. The highest BCUT2D eigenvalue weighted by atomic mass is 16.5. The van der Waals surface area contributed by atoms with Crippen LogP contribution >= 0.6 is 0 Å². The van der Waals surface area contributed by atoms with Gasteiger partial charge in [-0.3, -0.25) is 10.1 Å². The molecule has 0 bridgehead atoms. The Morgan fingerprint density at radius 2 is 1.86 bits per heavy atom. The number of hydrogen-bond donors (Lipinski definition) is 3. The van der Waals surface area contributed by atoms with Gasteiger partial charge in [0, 0.05) is 0 Å². The van der Waals surface area contributed by atoms with Crippen LogP contribution in [-0.2, 0) is 20.9 Å². The van der Waals surface area contributed by atoms with Gasteiger partial charge in [-0.25, -0.2) is 9.59 Å². The summed E-state index contributed by atoms with van der Waals surface area (Å²) < 4.78 is 4.76. The number of nitrogens with zero attached hydrogens (tertiary/aromatic N) is 1. The minimum Gasteiger partial charge on any atom is -0.481 e. The van der Waals surface area contributed by atoms with Crippen molar-refractivity contribution in [1.29, 1.82) is 5.26 Å². The summed E-state index contributed by atoms with van der Waals surface area (Å²) in [6.07, 6.45) is -2.27. The van der Waals surface area contributed by atoms with Gasteiger partial charge in [-0.1, -0.05) is 30.3 Å². The Morgan fingerprint density at radius 1 is 1.24 bits per heavy atom. The van der Waals surface area contributed by atoms with Crippen LogP contribution in [0.4, 0.5) is 4.79 Å². The number of nitriles is 1. The molecule has 1 aromatic carbocycles. The minimum absolute atomic E-state index is 0.138. The Balaban J connectivity index is 2.71. The van der Waals surface area contributed by atoms with Crippen molar-refractivity contribution in [2.75, 3.05) is 0 Å². The van der Waals surface area contributed by atoms with Crippen molar-refractivity contribution < 1.29 is 29.3 Å². The van der Waals surface area contributed by atoms with Gasteiger partial charge in [0.2, 0.25) is 5.54 Å². The molecule has 8 nitrogen and oxygen atoms in total. The summed E-state index contributed by atoms with van der Waals surface area (Å²) in [7, 11) is 0. The largest absolute Gasteiger partial charge is 0.481 e. The highest BCUT2D eigenvalue weighted by molar-refractivity contribution is 5.91. The zero-order valence-corrected chi connectivity index (χ0v) is 10.8. The number of ether oxygens (including phenoxy) is 1. The molecule has 3 N–H and O–H groups in total. The molecule has 1 amide bonds. The molecule has 21 heavy (non-hydrogen) atoms. The van der Waals surface area contributed by atoms with E-state index in [9.17, 15) is 14.4 Å². The van der Waals surface area contributed by atoms with Gasteiger partial charge < -0.3 is 14.9 Å². The number of carboxylic acids is 2. The first-order valence-electron chi connectivity index (χ1n) is 5.75. The van der Waals surface area contributed by atoms with Crippen molar-refractivity contribution in [3.05, 3.63) is 35.9 Å². The molecule has 1 aromatic rings. The lowest BCUT2D eigenvalue weighted by Gasteiger charge is -2.20. The Hall–Kier alpha value is -3.08. The zero-order valence-electron chi connectivity index (χ0n) is 10.8. The topological polar surface area (TPSA) is 137 Å². The maximum absolute atomic E-state index is 11.5. The van der Waals surface area contributed by atoms with E-state index in [1.165, 1.54) is 6.07 Å². The summed E-state index contributed by atoms with van der Waals surface area (Å²) >= 11 is 0. The second-order valence-corrected chi connectivity index (χ2v) is 4.08. The Kier molecular flexibility index (Phi) is 5.25. The van der Waals surface area contributed by atoms with Gasteiger partial charge in [0.15, 0.2) is 0 Å². The third-order valence-electron chi connectivity index (χ3n) is 2.50. The summed E-state index contributed by atoms with van der Waals surface area (Å²) in [6.45, 7) is -0.138. The van der Waals surface area contributed by atoms with Gasteiger partial charge >= 0.3 is 18.0 Å². The summed E-state index contributed by atoms with van der Waals surface area (Å²) in [4.78, 5) is 33.2. The van der Waals surface area contributed by atoms with Crippen LogP contribution in [0.25, 0.3) is 0 Å². The third kappa shape index (κ3) is 4.50. The lowest BCUT2D eigenvalue weighted by molar-refractivity contribution is -0.148. The number of carbonyl (C=O) groups is 3. The van der Waals surface area contributed by atoms with E-state index < -0.39 is 30.0 Å². The zero-order chi connectivity index (χ0) is 15.9. The fourth-order valence-electron chi connectivity index (χ4n) is 1.45. The Labute approximate surface area is 119 Å². The van der Waals surface area contributed by atoms with E-state index in [0.29, 0.717) is 5.56 Å². The summed E-state index contributed by atoms with van der Waals surface area (Å²) in [5.74, 6) is -3.31. The van der Waals surface area contributed by atoms with E-state index in [-0.39, 0.29) is 6.61 Å². The average Bonchev–Trinajstić information content (AvgIpc) is 2.44. The number of aliphatic carboxylic acids is 2. The summed E-state index contributed by atoms with van der Waals surface area (Å²) in [5.41, 5.74) is -1.91. The van der Waals surface area contributed by atoms with Gasteiger partial charge in [-0.15, -0.1) is 0 Å². The van der Waals surface area contributed by atoms with E-state index in [4.69, 9.17) is 20.2 Å². The van der Waals surface area contributed by atoms with E-state index in [1.54, 1.807) is 35.6 Å².